The zero-order chi connectivity index (χ0) is 13.7. The minimum absolute atomic E-state index is 0.0102. The first-order valence-electron chi connectivity index (χ1n) is 6.74. The van der Waals surface area contributed by atoms with Crippen molar-refractivity contribution < 1.29 is 9.47 Å². The van der Waals surface area contributed by atoms with Crippen molar-refractivity contribution >= 4 is 5.69 Å². The van der Waals surface area contributed by atoms with E-state index in [0.29, 0.717) is 25.7 Å². The minimum atomic E-state index is 0.0102. The first kappa shape index (κ1) is 13.5. The summed E-state index contributed by atoms with van der Waals surface area (Å²) < 4.78 is 11.2. The summed E-state index contributed by atoms with van der Waals surface area (Å²) in [5.74, 6) is 1.93. The first-order valence-corrected chi connectivity index (χ1v) is 6.74. The van der Waals surface area contributed by atoms with Gasteiger partial charge in [-0.3, -0.25) is 0 Å². The number of rotatable bonds is 4. The molecule has 0 radical (unpaired) electrons. The number of fused-ring (bicyclic) bond motifs is 1. The predicted octanol–water partition coefficient (Wildman–Crippen LogP) is 3.06. The largest absolute Gasteiger partial charge is 0.490 e. The fourth-order valence-electron chi connectivity index (χ4n) is 1.93. The van der Waals surface area contributed by atoms with Gasteiger partial charge in [-0.15, -0.1) is 0 Å². The average molecular weight is 260 g/mol. The highest BCUT2D eigenvalue weighted by molar-refractivity contribution is 5.55. The van der Waals surface area contributed by atoms with Gasteiger partial charge in [0.05, 0.1) is 25.2 Å². The Kier molecular flexibility index (Phi) is 4.51. The number of benzene rings is 1. The second-order valence-electron chi connectivity index (χ2n) is 5.07. The molecule has 0 saturated carbocycles. The lowest BCUT2D eigenvalue weighted by atomic mass is 9.97. The van der Waals surface area contributed by atoms with Crippen molar-refractivity contribution in [3.8, 4) is 17.6 Å². The fraction of sp³-hybridized carbons (Fsp3) is 0.533. The van der Waals surface area contributed by atoms with Gasteiger partial charge in [-0.25, -0.2) is 0 Å². The third-order valence-corrected chi connectivity index (χ3v) is 3.24. The number of nitriles is 1. The van der Waals surface area contributed by atoms with Gasteiger partial charge in [0.2, 0.25) is 0 Å². The van der Waals surface area contributed by atoms with Crippen molar-refractivity contribution in [1.82, 2.24) is 0 Å². The van der Waals surface area contributed by atoms with E-state index in [-0.39, 0.29) is 5.92 Å². The summed E-state index contributed by atoms with van der Waals surface area (Å²) in [6, 6.07) is 8.14. The van der Waals surface area contributed by atoms with E-state index >= 15 is 0 Å². The van der Waals surface area contributed by atoms with E-state index in [2.05, 4.69) is 25.2 Å². The number of hydrogen-bond acceptors (Lipinski definition) is 4. The lowest BCUT2D eigenvalue weighted by molar-refractivity contribution is 0.297. The average Bonchev–Trinajstić information content (AvgIpc) is 2.63. The predicted molar refractivity (Wildman–Crippen MR) is 74.5 cm³/mol. The van der Waals surface area contributed by atoms with Gasteiger partial charge < -0.3 is 14.8 Å². The molecule has 0 bridgehead atoms. The molecule has 0 aromatic heterocycles. The summed E-state index contributed by atoms with van der Waals surface area (Å²) in [7, 11) is 0. The van der Waals surface area contributed by atoms with Crippen molar-refractivity contribution in [2.24, 2.45) is 11.8 Å². The van der Waals surface area contributed by atoms with Crippen LogP contribution in [-0.2, 0) is 0 Å². The molecule has 19 heavy (non-hydrogen) atoms. The van der Waals surface area contributed by atoms with Crippen LogP contribution in [0.1, 0.15) is 20.3 Å². The molecular weight excluding hydrogens is 240 g/mol. The van der Waals surface area contributed by atoms with Crippen LogP contribution in [0.25, 0.3) is 0 Å². The van der Waals surface area contributed by atoms with Crippen LogP contribution in [0, 0.1) is 23.2 Å². The van der Waals surface area contributed by atoms with Gasteiger partial charge in [0.25, 0.3) is 0 Å². The van der Waals surface area contributed by atoms with Gasteiger partial charge in [-0.2, -0.15) is 5.26 Å². The zero-order valence-corrected chi connectivity index (χ0v) is 11.5. The molecule has 4 nitrogen and oxygen atoms in total. The molecule has 1 aliphatic heterocycles. The second-order valence-corrected chi connectivity index (χ2v) is 5.07. The highest BCUT2D eigenvalue weighted by Gasteiger charge is 2.13. The molecule has 1 aliphatic rings. The summed E-state index contributed by atoms with van der Waals surface area (Å²) in [5, 5.41) is 12.4. The Hall–Kier alpha value is -1.89. The summed E-state index contributed by atoms with van der Waals surface area (Å²) in [5.41, 5.74) is 0.963. The molecule has 0 saturated heterocycles. The van der Waals surface area contributed by atoms with E-state index in [9.17, 15) is 0 Å². The van der Waals surface area contributed by atoms with Crippen molar-refractivity contribution in [2.45, 2.75) is 20.3 Å². The Morgan fingerprint density at radius 2 is 2.00 bits per heavy atom. The minimum Gasteiger partial charge on any atom is -0.490 e. The third kappa shape index (κ3) is 3.54. The van der Waals surface area contributed by atoms with E-state index in [1.54, 1.807) is 0 Å². The van der Waals surface area contributed by atoms with E-state index in [4.69, 9.17) is 14.7 Å². The van der Waals surface area contributed by atoms with Gasteiger partial charge in [0.1, 0.15) is 0 Å². The topological polar surface area (TPSA) is 54.3 Å². The van der Waals surface area contributed by atoms with Gasteiger partial charge >= 0.3 is 0 Å². The maximum atomic E-state index is 9.07. The number of hydrogen-bond donors (Lipinski definition) is 1. The Morgan fingerprint density at radius 3 is 2.68 bits per heavy atom. The molecule has 1 unspecified atom stereocenters. The lowest BCUT2D eigenvalue weighted by Crippen LogP contribution is -2.17. The lowest BCUT2D eigenvalue weighted by Gasteiger charge is -2.15. The van der Waals surface area contributed by atoms with Crippen molar-refractivity contribution in [3.63, 3.8) is 0 Å². The van der Waals surface area contributed by atoms with Crippen LogP contribution >= 0.6 is 0 Å². The molecule has 1 N–H and O–H groups in total. The Labute approximate surface area is 114 Å². The highest BCUT2D eigenvalue weighted by Crippen LogP contribution is 2.32. The van der Waals surface area contributed by atoms with Crippen LogP contribution in [0.15, 0.2) is 18.2 Å². The van der Waals surface area contributed by atoms with Gasteiger partial charge in [-0.1, -0.05) is 13.8 Å². The van der Waals surface area contributed by atoms with Crippen LogP contribution in [-0.4, -0.2) is 19.8 Å². The second kappa shape index (κ2) is 6.33. The molecule has 1 aromatic carbocycles. The van der Waals surface area contributed by atoms with Gasteiger partial charge in [0.15, 0.2) is 11.5 Å². The molecule has 0 fully saturated rings. The quantitative estimate of drug-likeness (QED) is 0.904. The third-order valence-electron chi connectivity index (χ3n) is 3.24. The summed E-state index contributed by atoms with van der Waals surface area (Å²) in [4.78, 5) is 0. The van der Waals surface area contributed by atoms with Crippen molar-refractivity contribution in [1.29, 1.82) is 5.26 Å². The Bertz CT molecular complexity index is 466. The van der Waals surface area contributed by atoms with Crippen molar-refractivity contribution in [3.05, 3.63) is 18.2 Å². The SMILES string of the molecule is CC(C)C(C#N)CNc1ccc2c(c1)OCCCO2. The Balaban J connectivity index is 2.02. The molecule has 2 rings (SSSR count). The van der Waals surface area contributed by atoms with Crippen LogP contribution in [0.5, 0.6) is 11.5 Å². The molecule has 102 valence electrons. The molecule has 1 heterocycles. The molecule has 1 aromatic rings. The number of anilines is 1. The zero-order valence-electron chi connectivity index (χ0n) is 11.5. The number of nitrogens with one attached hydrogen (secondary N) is 1. The normalized spacial score (nSPS) is 15.5. The molecule has 4 heteroatoms. The number of ether oxygens (including phenoxy) is 2. The van der Waals surface area contributed by atoms with Crippen LogP contribution < -0.4 is 14.8 Å². The van der Waals surface area contributed by atoms with E-state index in [1.807, 2.05) is 18.2 Å². The highest BCUT2D eigenvalue weighted by atomic mass is 16.5. The van der Waals surface area contributed by atoms with Crippen molar-refractivity contribution in [2.75, 3.05) is 25.1 Å². The molecule has 0 amide bonds. The monoisotopic (exact) mass is 260 g/mol. The van der Waals surface area contributed by atoms with E-state index < -0.39 is 0 Å². The van der Waals surface area contributed by atoms with Gasteiger partial charge in [0, 0.05) is 24.7 Å². The summed E-state index contributed by atoms with van der Waals surface area (Å²) in [6.07, 6.45) is 0.904. The van der Waals surface area contributed by atoms with Crippen LogP contribution in [0.2, 0.25) is 0 Å². The number of nitrogens with zero attached hydrogens (tertiary/aromatic N) is 1. The summed E-state index contributed by atoms with van der Waals surface area (Å²) in [6.45, 7) is 6.15. The fourth-order valence-corrected chi connectivity index (χ4v) is 1.93. The standard InChI is InChI=1S/C15H20N2O2/c1-11(2)12(9-16)10-17-13-4-5-14-15(8-13)19-7-3-6-18-14/h4-5,8,11-12,17H,3,6-7,10H2,1-2H3. The molecule has 0 spiro atoms. The van der Waals surface area contributed by atoms with Gasteiger partial charge in [-0.05, 0) is 18.1 Å². The van der Waals surface area contributed by atoms with E-state index in [1.165, 1.54) is 0 Å². The summed E-state index contributed by atoms with van der Waals surface area (Å²) >= 11 is 0. The maximum absolute atomic E-state index is 9.07. The van der Waals surface area contributed by atoms with E-state index in [0.717, 1.165) is 23.6 Å². The molecular formula is C15H20N2O2. The maximum Gasteiger partial charge on any atom is 0.163 e. The van der Waals surface area contributed by atoms with Crippen LogP contribution in [0.3, 0.4) is 0 Å². The smallest absolute Gasteiger partial charge is 0.163 e. The molecule has 0 aliphatic carbocycles. The van der Waals surface area contributed by atoms with Crippen LogP contribution in [0.4, 0.5) is 5.69 Å². The Morgan fingerprint density at radius 1 is 1.26 bits per heavy atom. The first-order chi connectivity index (χ1) is 9.20. The molecule has 1 atom stereocenters.